The molecule has 5 heteroatoms. The first kappa shape index (κ1) is 15.4. The zero-order chi connectivity index (χ0) is 15.4. The minimum absolute atomic E-state index is 0.143. The maximum atomic E-state index is 13.0. The summed E-state index contributed by atoms with van der Waals surface area (Å²) in [6, 6.07) is 19.7. The predicted octanol–water partition coefficient (Wildman–Crippen LogP) is 4.10. The molecule has 0 spiro atoms. The van der Waals surface area contributed by atoms with Gasteiger partial charge in [-0.25, -0.2) is 0 Å². The molecule has 0 bridgehead atoms. The lowest BCUT2D eigenvalue weighted by Gasteiger charge is -2.24. The van der Waals surface area contributed by atoms with Gasteiger partial charge in [0.05, 0.1) is 12.7 Å². The van der Waals surface area contributed by atoms with E-state index < -0.39 is 13.4 Å². The van der Waals surface area contributed by atoms with Crippen molar-refractivity contribution in [1.82, 2.24) is 5.32 Å². The second-order valence-corrected chi connectivity index (χ2v) is 7.50. The third-order valence-corrected chi connectivity index (χ3v) is 5.87. The lowest BCUT2D eigenvalue weighted by molar-refractivity contribution is 0.253. The Morgan fingerprint density at radius 1 is 1.14 bits per heavy atom. The molecule has 3 unspecified atom stereocenters. The minimum atomic E-state index is -3.21. The first-order chi connectivity index (χ1) is 10.7. The molecule has 0 aliphatic carbocycles. The summed E-state index contributed by atoms with van der Waals surface area (Å²) in [6.07, 6.45) is -0.143. The smallest absolute Gasteiger partial charge is 0.304 e. The molecule has 0 amide bonds. The van der Waals surface area contributed by atoms with Crippen molar-refractivity contribution in [2.75, 3.05) is 6.61 Å². The molecule has 0 aromatic heterocycles. The lowest BCUT2D eigenvalue weighted by Crippen LogP contribution is -2.21. The molecule has 3 rings (SSSR count). The SMILES string of the molecule is CC1COP(=O)(C(NCc2ccccc2)c2ccccc2)O1. The van der Waals surface area contributed by atoms with Gasteiger partial charge in [-0.2, -0.15) is 0 Å². The third-order valence-electron chi connectivity index (χ3n) is 3.59. The molecule has 0 saturated carbocycles. The van der Waals surface area contributed by atoms with Gasteiger partial charge in [0.15, 0.2) is 0 Å². The van der Waals surface area contributed by atoms with E-state index >= 15 is 0 Å². The van der Waals surface area contributed by atoms with Crippen molar-refractivity contribution in [1.29, 1.82) is 0 Å². The Balaban J connectivity index is 1.82. The normalized spacial score (nSPS) is 26.0. The summed E-state index contributed by atoms with van der Waals surface area (Å²) in [5.41, 5.74) is 2.04. The highest BCUT2D eigenvalue weighted by atomic mass is 31.2. The topological polar surface area (TPSA) is 47.6 Å². The molecule has 1 N–H and O–H groups in total. The van der Waals surface area contributed by atoms with Crippen LogP contribution in [0.1, 0.15) is 23.8 Å². The van der Waals surface area contributed by atoms with E-state index in [-0.39, 0.29) is 6.10 Å². The van der Waals surface area contributed by atoms with Gasteiger partial charge >= 0.3 is 7.60 Å². The monoisotopic (exact) mass is 317 g/mol. The summed E-state index contributed by atoms with van der Waals surface area (Å²) in [5, 5.41) is 3.34. The van der Waals surface area contributed by atoms with Crippen molar-refractivity contribution in [2.45, 2.75) is 25.4 Å². The fraction of sp³-hybridized carbons (Fsp3) is 0.294. The van der Waals surface area contributed by atoms with E-state index in [2.05, 4.69) is 5.32 Å². The van der Waals surface area contributed by atoms with Gasteiger partial charge in [0.1, 0.15) is 5.78 Å². The molecule has 1 fully saturated rings. The number of hydrogen-bond donors (Lipinski definition) is 1. The zero-order valence-corrected chi connectivity index (χ0v) is 13.4. The molecule has 1 heterocycles. The first-order valence-electron chi connectivity index (χ1n) is 7.42. The second kappa shape index (κ2) is 6.76. The van der Waals surface area contributed by atoms with Crippen LogP contribution in [-0.4, -0.2) is 12.7 Å². The average molecular weight is 317 g/mol. The van der Waals surface area contributed by atoms with Crippen molar-refractivity contribution < 1.29 is 13.6 Å². The molecule has 2 aromatic carbocycles. The molecule has 1 aliphatic rings. The Kier molecular flexibility index (Phi) is 4.74. The molecule has 1 aliphatic heterocycles. The van der Waals surface area contributed by atoms with Crippen LogP contribution in [0.5, 0.6) is 0 Å². The van der Waals surface area contributed by atoms with Crippen molar-refractivity contribution in [3.05, 3.63) is 71.8 Å². The van der Waals surface area contributed by atoms with E-state index in [1.165, 1.54) is 0 Å². The molecular formula is C17H20NO3P. The van der Waals surface area contributed by atoms with E-state index in [0.717, 1.165) is 11.1 Å². The number of hydrogen-bond acceptors (Lipinski definition) is 4. The van der Waals surface area contributed by atoms with Crippen molar-refractivity contribution in [3.8, 4) is 0 Å². The Morgan fingerprint density at radius 2 is 1.77 bits per heavy atom. The summed E-state index contributed by atoms with van der Waals surface area (Å²) in [7, 11) is -3.21. The average Bonchev–Trinajstić information content (AvgIpc) is 2.89. The predicted molar refractivity (Wildman–Crippen MR) is 86.6 cm³/mol. The van der Waals surface area contributed by atoms with Crippen LogP contribution in [0.25, 0.3) is 0 Å². The van der Waals surface area contributed by atoms with E-state index in [1.54, 1.807) is 0 Å². The molecule has 0 radical (unpaired) electrons. The highest BCUT2D eigenvalue weighted by Crippen LogP contribution is 2.63. The second-order valence-electron chi connectivity index (χ2n) is 5.43. The maximum Gasteiger partial charge on any atom is 0.352 e. The van der Waals surface area contributed by atoms with Crippen LogP contribution in [-0.2, 0) is 20.2 Å². The largest absolute Gasteiger partial charge is 0.352 e. The van der Waals surface area contributed by atoms with Gasteiger partial charge in [0, 0.05) is 6.54 Å². The van der Waals surface area contributed by atoms with Crippen molar-refractivity contribution >= 4 is 7.60 Å². The number of rotatable bonds is 5. The lowest BCUT2D eigenvalue weighted by atomic mass is 10.2. The molecular weight excluding hydrogens is 297 g/mol. The Bertz CT molecular complexity index is 647. The van der Waals surface area contributed by atoms with E-state index in [9.17, 15) is 4.57 Å². The molecule has 3 atom stereocenters. The van der Waals surface area contributed by atoms with Crippen LogP contribution in [0.3, 0.4) is 0 Å². The molecule has 116 valence electrons. The molecule has 2 aromatic rings. The fourth-order valence-electron chi connectivity index (χ4n) is 2.51. The summed E-state index contributed by atoms with van der Waals surface area (Å²) < 4.78 is 24.2. The highest BCUT2D eigenvalue weighted by molar-refractivity contribution is 7.54. The Morgan fingerprint density at radius 3 is 2.36 bits per heavy atom. The van der Waals surface area contributed by atoms with E-state index in [0.29, 0.717) is 13.2 Å². The quantitative estimate of drug-likeness (QED) is 0.843. The summed E-state index contributed by atoms with van der Waals surface area (Å²) in [6.45, 7) is 2.85. The van der Waals surface area contributed by atoms with E-state index in [1.807, 2.05) is 67.6 Å². The summed E-state index contributed by atoms with van der Waals surface area (Å²) in [4.78, 5) is 0. The molecule has 4 nitrogen and oxygen atoms in total. The standard InChI is InChI=1S/C17H20NO3P/c1-14-13-20-22(19,21-14)17(16-10-6-3-7-11-16)18-12-15-8-4-2-5-9-15/h2-11,14,17-18H,12-13H2,1H3. The first-order valence-corrected chi connectivity index (χ1v) is 9.03. The molecule has 22 heavy (non-hydrogen) atoms. The van der Waals surface area contributed by atoms with Crippen LogP contribution in [0.2, 0.25) is 0 Å². The zero-order valence-electron chi connectivity index (χ0n) is 12.5. The summed E-state index contributed by atoms with van der Waals surface area (Å²) >= 11 is 0. The fourth-order valence-corrected chi connectivity index (χ4v) is 4.68. The van der Waals surface area contributed by atoms with Crippen LogP contribution in [0.4, 0.5) is 0 Å². The van der Waals surface area contributed by atoms with Gasteiger partial charge in [-0.15, -0.1) is 0 Å². The van der Waals surface area contributed by atoms with Crippen LogP contribution >= 0.6 is 7.60 Å². The van der Waals surface area contributed by atoms with E-state index in [4.69, 9.17) is 9.05 Å². The van der Waals surface area contributed by atoms with Gasteiger partial charge in [-0.3, -0.25) is 9.88 Å². The Labute approximate surface area is 131 Å². The van der Waals surface area contributed by atoms with Gasteiger partial charge in [-0.05, 0) is 18.1 Å². The van der Waals surface area contributed by atoms with Crippen molar-refractivity contribution in [2.24, 2.45) is 0 Å². The van der Waals surface area contributed by atoms with Crippen LogP contribution in [0.15, 0.2) is 60.7 Å². The van der Waals surface area contributed by atoms with Gasteiger partial charge in [-0.1, -0.05) is 60.7 Å². The van der Waals surface area contributed by atoms with Gasteiger partial charge in [0.2, 0.25) is 0 Å². The Hall–Kier alpha value is -1.45. The van der Waals surface area contributed by atoms with Gasteiger partial charge < -0.3 is 9.05 Å². The summed E-state index contributed by atoms with van der Waals surface area (Å²) in [5.74, 6) is -0.459. The number of benzene rings is 2. The highest BCUT2D eigenvalue weighted by Gasteiger charge is 2.43. The van der Waals surface area contributed by atoms with Crippen LogP contribution in [0, 0.1) is 0 Å². The van der Waals surface area contributed by atoms with Gasteiger partial charge in [0.25, 0.3) is 0 Å². The maximum absolute atomic E-state index is 13.0. The number of nitrogens with one attached hydrogen (secondary N) is 1. The van der Waals surface area contributed by atoms with Crippen LogP contribution < -0.4 is 5.32 Å². The third kappa shape index (κ3) is 3.47. The minimum Gasteiger partial charge on any atom is -0.304 e. The molecule has 1 saturated heterocycles. The van der Waals surface area contributed by atoms with Crippen molar-refractivity contribution in [3.63, 3.8) is 0 Å².